The van der Waals surface area contributed by atoms with Crippen LogP contribution in [-0.4, -0.2) is 21.4 Å². The van der Waals surface area contributed by atoms with Crippen molar-refractivity contribution < 1.29 is 10.2 Å². The van der Waals surface area contributed by atoms with Crippen LogP contribution in [0.3, 0.4) is 0 Å². The molecule has 2 N–H and O–H groups in total. The lowest BCUT2D eigenvalue weighted by Crippen LogP contribution is -2.41. The average Bonchev–Trinajstić information content (AvgIpc) is 1.92. The van der Waals surface area contributed by atoms with E-state index in [1.54, 1.807) is 0 Å². The van der Waals surface area contributed by atoms with E-state index in [1.165, 1.54) is 0 Å². The molecule has 0 saturated heterocycles. The van der Waals surface area contributed by atoms with Gasteiger partial charge in [-0.1, -0.05) is 6.08 Å². The smallest absolute Gasteiger partial charge is 0.0829 e. The van der Waals surface area contributed by atoms with Gasteiger partial charge in [0.15, 0.2) is 0 Å². The van der Waals surface area contributed by atoms with Crippen molar-refractivity contribution in [2.75, 3.05) is 0 Å². The molecule has 2 nitrogen and oxygen atoms in total. The standard InChI is InChI=1S/C11H20O2/c1-8-5-6-9(10(2,3)12)7-11(8,4)13/h5,9,12-13H,6-7H2,1-4H3/t9-,11+/m0/s1. The third-order valence-corrected chi connectivity index (χ3v) is 3.20. The second-order valence-electron chi connectivity index (χ2n) is 4.95. The minimum atomic E-state index is -0.733. The molecule has 0 aromatic heterocycles. The molecule has 0 saturated carbocycles. The van der Waals surface area contributed by atoms with Gasteiger partial charge in [0.1, 0.15) is 0 Å². The molecule has 2 heteroatoms. The van der Waals surface area contributed by atoms with Crippen molar-refractivity contribution in [2.45, 2.75) is 51.7 Å². The third-order valence-electron chi connectivity index (χ3n) is 3.20. The van der Waals surface area contributed by atoms with Crippen LogP contribution in [0.2, 0.25) is 0 Å². The van der Waals surface area contributed by atoms with Crippen LogP contribution in [0.1, 0.15) is 40.5 Å². The lowest BCUT2D eigenvalue weighted by atomic mass is 9.73. The van der Waals surface area contributed by atoms with Gasteiger partial charge >= 0.3 is 0 Å². The van der Waals surface area contributed by atoms with Gasteiger partial charge in [-0.2, -0.15) is 0 Å². The maximum atomic E-state index is 10.00. The summed E-state index contributed by atoms with van der Waals surface area (Å²) in [6.07, 6.45) is 3.55. The summed E-state index contributed by atoms with van der Waals surface area (Å²) >= 11 is 0. The Hall–Kier alpha value is -0.340. The van der Waals surface area contributed by atoms with Crippen LogP contribution in [0.15, 0.2) is 11.6 Å². The van der Waals surface area contributed by atoms with Gasteiger partial charge in [-0.15, -0.1) is 0 Å². The lowest BCUT2D eigenvalue weighted by molar-refractivity contribution is -0.0309. The number of hydrogen-bond acceptors (Lipinski definition) is 2. The van der Waals surface area contributed by atoms with Crippen LogP contribution >= 0.6 is 0 Å². The minimum absolute atomic E-state index is 0.159. The molecule has 1 rings (SSSR count). The van der Waals surface area contributed by atoms with Gasteiger partial charge in [-0.05, 0) is 52.0 Å². The number of allylic oxidation sites excluding steroid dienone is 1. The summed E-state index contributed by atoms with van der Waals surface area (Å²) in [5, 5.41) is 19.8. The van der Waals surface area contributed by atoms with E-state index in [0.29, 0.717) is 6.42 Å². The van der Waals surface area contributed by atoms with E-state index in [-0.39, 0.29) is 5.92 Å². The van der Waals surface area contributed by atoms with Crippen molar-refractivity contribution in [3.63, 3.8) is 0 Å². The second-order valence-corrected chi connectivity index (χ2v) is 4.95. The molecule has 0 spiro atoms. The Morgan fingerprint density at radius 3 is 2.46 bits per heavy atom. The molecule has 0 aromatic rings. The van der Waals surface area contributed by atoms with Gasteiger partial charge in [0, 0.05) is 0 Å². The van der Waals surface area contributed by atoms with Crippen molar-refractivity contribution >= 4 is 0 Å². The molecule has 0 radical (unpaired) electrons. The molecule has 0 bridgehead atoms. The van der Waals surface area contributed by atoms with Crippen molar-refractivity contribution in [2.24, 2.45) is 5.92 Å². The van der Waals surface area contributed by atoms with Gasteiger partial charge in [0.25, 0.3) is 0 Å². The molecule has 1 aliphatic carbocycles. The molecule has 0 aromatic carbocycles. The highest BCUT2D eigenvalue weighted by Gasteiger charge is 2.37. The summed E-state index contributed by atoms with van der Waals surface area (Å²) in [5.74, 6) is 0.159. The van der Waals surface area contributed by atoms with Crippen molar-refractivity contribution in [1.29, 1.82) is 0 Å². The molecular weight excluding hydrogens is 164 g/mol. The molecular formula is C11H20O2. The SMILES string of the molecule is CC1=CC[C@H](C(C)(C)O)C[C@@]1(C)O. The first-order valence-electron chi connectivity index (χ1n) is 4.85. The van der Waals surface area contributed by atoms with Gasteiger partial charge < -0.3 is 10.2 Å². The molecule has 1 aliphatic rings. The molecule has 13 heavy (non-hydrogen) atoms. The predicted octanol–water partition coefficient (Wildman–Crippen LogP) is 1.86. The summed E-state index contributed by atoms with van der Waals surface area (Å²) in [6, 6.07) is 0. The zero-order chi connectivity index (χ0) is 10.3. The van der Waals surface area contributed by atoms with E-state index >= 15 is 0 Å². The van der Waals surface area contributed by atoms with Gasteiger partial charge in [0.05, 0.1) is 11.2 Å². The van der Waals surface area contributed by atoms with E-state index in [2.05, 4.69) is 0 Å². The lowest BCUT2D eigenvalue weighted by Gasteiger charge is -2.39. The minimum Gasteiger partial charge on any atom is -0.390 e. The summed E-state index contributed by atoms with van der Waals surface area (Å²) in [5.41, 5.74) is -0.405. The highest BCUT2D eigenvalue weighted by Crippen LogP contribution is 2.37. The highest BCUT2D eigenvalue weighted by molar-refractivity contribution is 5.17. The second kappa shape index (κ2) is 3.10. The fraction of sp³-hybridized carbons (Fsp3) is 0.818. The van der Waals surface area contributed by atoms with Crippen LogP contribution < -0.4 is 0 Å². The number of hydrogen-bond donors (Lipinski definition) is 2. The zero-order valence-electron chi connectivity index (χ0n) is 8.96. The molecule has 2 atom stereocenters. The zero-order valence-corrected chi connectivity index (χ0v) is 8.96. The highest BCUT2D eigenvalue weighted by atomic mass is 16.3. The first kappa shape index (κ1) is 10.7. The maximum Gasteiger partial charge on any atom is 0.0829 e. The van der Waals surface area contributed by atoms with Gasteiger partial charge in [-0.3, -0.25) is 0 Å². The monoisotopic (exact) mass is 184 g/mol. The average molecular weight is 184 g/mol. The van der Waals surface area contributed by atoms with Crippen LogP contribution in [0.5, 0.6) is 0 Å². The Morgan fingerprint density at radius 2 is 2.08 bits per heavy atom. The fourth-order valence-corrected chi connectivity index (χ4v) is 1.80. The summed E-state index contributed by atoms with van der Waals surface area (Å²) in [6.45, 7) is 7.38. The third kappa shape index (κ3) is 2.32. The first-order chi connectivity index (χ1) is 5.73. The van der Waals surface area contributed by atoms with Crippen molar-refractivity contribution in [1.82, 2.24) is 0 Å². The van der Waals surface area contributed by atoms with Crippen LogP contribution in [0.4, 0.5) is 0 Å². The van der Waals surface area contributed by atoms with E-state index in [9.17, 15) is 10.2 Å². The van der Waals surface area contributed by atoms with Crippen LogP contribution in [0.25, 0.3) is 0 Å². The maximum absolute atomic E-state index is 10.00. The van der Waals surface area contributed by atoms with Crippen molar-refractivity contribution in [3.8, 4) is 0 Å². The topological polar surface area (TPSA) is 40.5 Å². The first-order valence-corrected chi connectivity index (χ1v) is 4.85. The molecule has 0 unspecified atom stereocenters. The molecule has 0 aliphatic heterocycles. The largest absolute Gasteiger partial charge is 0.390 e. The summed E-state index contributed by atoms with van der Waals surface area (Å²) in [4.78, 5) is 0. The Kier molecular flexibility index (Phi) is 2.56. The fourth-order valence-electron chi connectivity index (χ4n) is 1.80. The van der Waals surface area contributed by atoms with E-state index in [4.69, 9.17) is 0 Å². The van der Waals surface area contributed by atoms with E-state index < -0.39 is 11.2 Å². The Bertz CT molecular complexity index is 221. The summed E-state index contributed by atoms with van der Waals surface area (Å²) in [7, 11) is 0. The van der Waals surface area contributed by atoms with Crippen LogP contribution in [-0.2, 0) is 0 Å². The van der Waals surface area contributed by atoms with Gasteiger partial charge in [0.2, 0.25) is 0 Å². The molecule has 0 amide bonds. The normalized spacial score (nSPS) is 35.8. The van der Waals surface area contributed by atoms with Crippen LogP contribution in [0, 0.1) is 5.92 Å². The number of rotatable bonds is 1. The Labute approximate surface area is 80.3 Å². The van der Waals surface area contributed by atoms with Crippen molar-refractivity contribution in [3.05, 3.63) is 11.6 Å². The van der Waals surface area contributed by atoms with E-state index in [1.807, 2.05) is 33.8 Å². The predicted molar refractivity (Wildman–Crippen MR) is 53.4 cm³/mol. The molecule has 0 fully saturated rings. The summed E-state index contributed by atoms with van der Waals surface area (Å²) < 4.78 is 0. The van der Waals surface area contributed by atoms with Gasteiger partial charge in [-0.25, -0.2) is 0 Å². The Balaban J connectivity index is 2.80. The molecule has 76 valence electrons. The van der Waals surface area contributed by atoms with E-state index in [0.717, 1.165) is 12.0 Å². The quantitative estimate of drug-likeness (QED) is 0.611. The number of aliphatic hydroxyl groups is 2. The molecule has 0 heterocycles. The Morgan fingerprint density at radius 1 is 1.54 bits per heavy atom.